The fourth-order valence-corrected chi connectivity index (χ4v) is 1.98. The van der Waals surface area contributed by atoms with Crippen LogP contribution in [0.25, 0.3) is 0 Å². The Labute approximate surface area is 134 Å². The van der Waals surface area contributed by atoms with Crippen LogP contribution < -0.4 is 15.8 Å². The van der Waals surface area contributed by atoms with Crippen LogP contribution in [0.15, 0.2) is 28.8 Å². The van der Waals surface area contributed by atoms with Crippen LogP contribution in [0.3, 0.4) is 0 Å². The van der Waals surface area contributed by atoms with Gasteiger partial charge < -0.3 is 20.3 Å². The molecule has 122 valence electrons. The number of rotatable bonds is 7. The van der Waals surface area contributed by atoms with E-state index < -0.39 is 0 Å². The zero-order valence-electron chi connectivity index (χ0n) is 13.0. The lowest BCUT2D eigenvalue weighted by molar-refractivity contribution is -0.119. The molecule has 7 nitrogen and oxygen atoms in total. The van der Waals surface area contributed by atoms with E-state index in [1.807, 2.05) is 0 Å². The molecule has 1 heterocycles. The van der Waals surface area contributed by atoms with Crippen LogP contribution in [-0.4, -0.2) is 22.6 Å². The highest BCUT2D eigenvalue weighted by Gasteiger charge is 2.29. The molecule has 1 unspecified atom stereocenters. The van der Waals surface area contributed by atoms with E-state index >= 15 is 0 Å². The Balaban J connectivity index is 1.51. The molecule has 2 aromatic rings. The van der Waals surface area contributed by atoms with Crippen LogP contribution in [0.4, 0.5) is 5.69 Å². The molecule has 0 aliphatic heterocycles. The topological polar surface area (TPSA) is 103 Å². The van der Waals surface area contributed by atoms with E-state index in [4.69, 9.17) is 15.0 Å². The third-order valence-electron chi connectivity index (χ3n) is 3.70. The number of nitrogens with one attached hydrogen (secondary N) is 1. The molecule has 1 aliphatic carbocycles. The molecule has 1 aromatic heterocycles. The molecule has 0 radical (unpaired) electrons. The van der Waals surface area contributed by atoms with Crippen LogP contribution in [0, 0.1) is 5.92 Å². The first-order valence-electron chi connectivity index (χ1n) is 7.72. The fourth-order valence-electron chi connectivity index (χ4n) is 1.98. The Morgan fingerprint density at radius 2 is 2.17 bits per heavy atom. The number of aromatic nitrogens is 2. The van der Waals surface area contributed by atoms with Crippen molar-refractivity contribution in [3.63, 3.8) is 0 Å². The number of carbonyl (C=O) groups excluding carboxylic acids is 1. The van der Waals surface area contributed by atoms with Gasteiger partial charge in [0, 0.05) is 24.1 Å². The van der Waals surface area contributed by atoms with E-state index in [0.717, 1.165) is 12.8 Å². The van der Waals surface area contributed by atoms with Crippen molar-refractivity contribution in [1.82, 2.24) is 10.1 Å². The summed E-state index contributed by atoms with van der Waals surface area (Å²) in [6, 6.07) is 7.12. The normalized spacial score (nSPS) is 15.2. The minimum Gasteiger partial charge on any atom is -0.485 e. The molecule has 0 saturated heterocycles. The molecule has 3 N–H and O–H groups in total. The molecular formula is C16H20N4O3. The van der Waals surface area contributed by atoms with Crippen LogP contribution >= 0.6 is 0 Å². The van der Waals surface area contributed by atoms with Crippen LogP contribution in [0.1, 0.15) is 37.4 Å². The van der Waals surface area contributed by atoms with E-state index in [2.05, 4.69) is 15.5 Å². The van der Waals surface area contributed by atoms with Crippen molar-refractivity contribution < 1.29 is 14.1 Å². The lowest BCUT2D eigenvalue weighted by Gasteiger charge is -2.10. The summed E-state index contributed by atoms with van der Waals surface area (Å²) >= 11 is 0. The molecule has 1 saturated carbocycles. The second-order valence-electron chi connectivity index (χ2n) is 5.76. The quantitative estimate of drug-likeness (QED) is 0.810. The van der Waals surface area contributed by atoms with Gasteiger partial charge in [-0.25, -0.2) is 0 Å². The smallest absolute Gasteiger partial charge is 0.229 e. The molecule has 3 rings (SSSR count). The summed E-state index contributed by atoms with van der Waals surface area (Å²) in [5.41, 5.74) is 6.18. The Kier molecular flexibility index (Phi) is 4.57. The number of benzene rings is 1. The van der Waals surface area contributed by atoms with Crippen molar-refractivity contribution in [1.29, 1.82) is 0 Å². The molecule has 0 spiro atoms. The second-order valence-corrected chi connectivity index (χ2v) is 5.76. The summed E-state index contributed by atoms with van der Waals surface area (Å²) in [7, 11) is 0. The number of carbonyl (C=O) groups is 1. The van der Waals surface area contributed by atoms with Crippen molar-refractivity contribution in [3.8, 4) is 5.75 Å². The molecule has 7 heteroatoms. The van der Waals surface area contributed by atoms with Crippen LogP contribution in [0.2, 0.25) is 0 Å². The molecule has 1 amide bonds. The number of hydrogen-bond donors (Lipinski definition) is 2. The van der Waals surface area contributed by atoms with E-state index in [9.17, 15) is 4.79 Å². The predicted molar refractivity (Wildman–Crippen MR) is 83.9 cm³/mol. The minimum absolute atomic E-state index is 0.0967. The van der Waals surface area contributed by atoms with Crippen LogP contribution in [0.5, 0.6) is 5.75 Å². The minimum atomic E-state index is -0.218. The zero-order chi connectivity index (χ0) is 16.2. The second kappa shape index (κ2) is 6.78. The highest BCUT2D eigenvalue weighted by Crippen LogP contribution is 2.38. The van der Waals surface area contributed by atoms with Crippen molar-refractivity contribution in [3.05, 3.63) is 36.0 Å². The highest BCUT2D eigenvalue weighted by molar-refractivity contribution is 5.92. The summed E-state index contributed by atoms with van der Waals surface area (Å²) in [6.45, 7) is 2.36. The summed E-state index contributed by atoms with van der Waals surface area (Å²) < 4.78 is 10.8. The maximum atomic E-state index is 11.8. The van der Waals surface area contributed by atoms with Crippen molar-refractivity contribution in [2.24, 2.45) is 11.7 Å². The van der Waals surface area contributed by atoms with E-state index in [1.54, 1.807) is 31.2 Å². The van der Waals surface area contributed by atoms with E-state index in [-0.39, 0.29) is 18.4 Å². The van der Waals surface area contributed by atoms with Gasteiger partial charge in [-0.15, -0.1) is 0 Å². The Hall–Kier alpha value is -2.41. The monoisotopic (exact) mass is 316 g/mol. The third kappa shape index (κ3) is 4.07. The number of nitrogens with two attached hydrogens (primary N) is 1. The summed E-state index contributed by atoms with van der Waals surface area (Å²) in [5.74, 6) is 2.05. The number of hydrogen-bond acceptors (Lipinski definition) is 6. The summed E-state index contributed by atoms with van der Waals surface area (Å²) in [5, 5.41) is 6.70. The number of nitrogens with zero attached hydrogens (tertiary/aromatic N) is 2. The first-order chi connectivity index (χ1) is 11.2. The molecule has 1 atom stereocenters. The lowest BCUT2D eigenvalue weighted by Crippen LogP contribution is -2.26. The summed E-state index contributed by atoms with van der Waals surface area (Å²) in [4.78, 5) is 16.1. The van der Waals surface area contributed by atoms with Gasteiger partial charge in [0.1, 0.15) is 5.75 Å². The largest absolute Gasteiger partial charge is 0.485 e. The first-order valence-corrected chi connectivity index (χ1v) is 7.72. The van der Waals surface area contributed by atoms with Gasteiger partial charge in [-0.1, -0.05) is 12.1 Å². The Morgan fingerprint density at radius 1 is 1.43 bits per heavy atom. The average molecular weight is 316 g/mol. The van der Waals surface area contributed by atoms with Crippen molar-refractivity contribution >= 4 is 11.6 Å². The van der Waals surface area contributed by atoms with Gasteiger partial charge in [0.25, 0.3) is 0 Å². The van der Waals surface area contributed by atoms with Crippen molar-refractivity contribution in [2.75, 3.05) is 11.9 Å². The Bertz CT molecular complexity index is 664. The predicted octanol–water partition coefficient (Wildman–Crippen LogP) is 2.06. The van der Waals surface area contributed by atoms with Gasteiger partial charge in [0.15, 0.2) is 6.61 Å². The molecule has 0 bridgehead atoms. The Morgan fingerprint density at radius 3 is 2.83 bits per heavy atom. The van der Waals surface area contributed by atoms with Crippen molar-refractivity contribution in [2.45, 2.75) is 32.3 Å². The standard InChI is InChI=1S/C16H20N4O3/c1-10(8-17)15(21)18-12-4-6-13(7-5-12)22-9-14-19-16(23-20-14)11-2-3-11/h4-7,10-11H,2-3,8-9,17H2,1H3,(H,18,21). The SMILES string of the molecule is CC(CN)C(=O)Nc1ccc(OCc2noc(C3CC3)n2)cc1. The third-order valence-corrected chi connectivity index (χ3v) is 3.70. The van der Waals surface area contributed by atoms with E-state index in [1.165, 1.54) is 0 Å². The van der Waals surface area contributed by atoms with Gasteiger partial charge in [0.2, 0.25) is 17.6 Å². The molecule has 1 aliphatic rings. The van der Waals surface area contributed by atoms with Gasteiger partial charge in [-0.2, -0.15) is 4.98 Å². The maximum Gasteiger partial charge on any atom is 0.229 e. The lowest BCUT2D eigenvalue weighted by atomic mass is 10.1. The summed E-state index contributed by atoms with van der Waals surface area (Å²) in [6.07, 6.45) is 2.25. The molecule has 1 aromatic carbocycles. The highest BCUT2D eigenvalue weighted by atomic mass is 16.5. The fraction of sp³-hybridized carbons (Fsp3) is 0.438. The maximum absolute atomic E-state index is 11.8. The van der Waals surface area contributed by atoms with Gasteiger partial charge in [-0.05, 0) is 37.1 Å². The number of anilines is 1. The molecule has 23 heavy (non-hydrogen) atoms. The molecule has 1 fully saturated rings. The molecular weight excluding hydrogens is 296 g/mol. The van der Waals surface area contributed by atoms with Crippen LogP contribution in [-0.2, 0) is 11.4 Å². The van der Waals surface area contributed by atoms with Gasteiger partial charge >= 0.3 is 0 Å². The number of ether oxygens (including phenoxy) is 1. The first kappa shape index (κ1) is 15.5. The zero-order valence-corrected chi connectivity index (χ0v) is 13.0. The van der Waals surface area contributed by atoms with Gasteiger partial charge in [0.05, 0.1) is 0 Å². The average Bonchev–Trinajstić information content (AvgIpc) is 3.32. The van der Waals surface area contributed by atoms with Gasteiger partial charge in [-0.3, -0.25) is 4.79 Å². The van der Waals surface area contributed by atoms with E-state index in [0.29, 0.717) is 35.6 Å². The number of amides is 1.